The largest absolute Gasteiger partial charge is 0.378 e. The van der Waals surface area contributed by atoms with Crippen LogP contribution in [-0.2, 0) is 6.42 Å². The molecule has 0 saturated heterocycles. The zero-order valence-corrected chi connectivity index (χ0v) is 11.6. The van der Waals surface area contributed by atoms with Gasteiger partial charge >= 0.3 is 0 Å². The highest BCUT2D eigenvalue weighted by molar-refractivity contribution is 5.80. The SMILES string of the molecule is CN(C)c1ccc(C=NCCc2ccccc2)cc1. The number of anilines is 1. The highest BCUT2D eigenvalue weighted by atomic mass is 15.1. The normalized spacial score (nSPS) is 10.8. The quantitative estimate of drug-likeness (QED) is 0.745. The van der Waals surface area contributed by atoms with Gasteiger partial charge in [0.25, 0.3) is 0 Å². The predicted octanol–water partition coefficient (Wildman–Crippen LogP) is 3.41. The van der Waals surface area contributed by atoms with Crippen molar-refractivity contribution < 1.29 is 0 Å². The van der Waals surface area contributed by atoms with Gasteiger partial charge in [0.15, 0.2) is 0 Å². The maximum absolute atomic E-state index is 4.47. The molecule has 0 atom stereocenters. The van der Waals surface area contributed by atoms with Gasteiger partial charge in [0.1, 0.15) is 0 Å². The number of hydrogen-bond donors (Lipinski definition) is 0. The van der Waals surface area contributed by atoms with E-state index >= 15 is 0 Å². The van der Waals surface area contributed by atoms with Crippen LogP contribution < -0.4 is 4.90 Å². The van der Waals surface area contributed by atoms with E-state index in [2.05, 4.69) is 58.4 Å². The maximum Gasteiger partial charge on any atom is 0.0429 e. The summed E-state index contributed by atoms with van der Waals surface area (Å²) in [4.78, 5) is 6.57. The molecule has 0 heterocycles. The molecule has 0 amide bonds. The van der Waals surface area contributed by atoms with Gasteiger partial charge in [0.05, 0.1) is 0 Å². The molecule has 0 aliphatic heterocycles. The highest BCUT2D eigenvalue weighted by Gasteiger charge is 1.94. The van der Waals surface area contributed by atoms with E-state index in [0.717, 1.165) is 18.5 Å². The van der Waals surface area contributed by atoms with Crippen molar-refractivity contribution in [2.24, 2.45) is 4.99 Å². The van der Waals surface area contributed by atoms with Gasteiger partial charge in [0, 0.05) is 32.5 Å². The molecule has 0 unspecified atom stereocenters. The van der Waals surface area contributed by atoms with Crippen LogP contribution in [0.3, 0.4) is 0 Å². The van der Waals surface area contributed by atoms with Crippen LogP contribution in [0.25, 0.3) is 0 Å². The number of hydrogen-bond acceptors (Lipinski definition) is 2. The lowest BCUT2D eigenvalue weighted by Gasteiger charge is -2.11. The van der Waals surface area contributed by atoms with E-state index in [1.54, 1.807) is 0 Å². The molecule has 2 nitrogen and oxygen atoms in total. The lowest BCUT2D eigenvalue weighted by atomic mass is 10.1. The molecule has 19 heavy (non-hydrogen) atoms. The van der Waals surface area contributed by atoms with E-state index in [4.69, 9.17) is 0 Å². The summed E-state index contributed by atoms with van der Waals surface area (Å²) in [7, 11) is 4.09. The third kappa shape index (κ3) is 4.25. The third-order valence-corrected chi connectivity index (χ3v) is 3.02. The van der Waals surface area contributed by atoms with Gasteiger partial charge in [-0.2, -0.15) is 0 Å². The Morgan fingerprint density at radius 3 is 2.26 bits per heavy atom. The molecule has 0 spiro atoms. The fourth-order valence-corrected chi connectivity index (χ4v) is 1.87. The van der Waals surface area contributed by atoms with E-state index in [1.807, 2.05) is 26.4 Å². The Bertz CT molecular complexity index is 513. The predicted molar refractivity (Wildman–Crippen MR) is 83.4 cm³/mol. The Morgan fingerprint density at radius 2 is 1.63 bits per heavy atom. The summed E-state index contributed by atoms with van der Waals surface area (Å²) in [5.74, 6) is 0. The van der Waals surface area contributed by atoms with E-state index < -0.39 is 0 Å². The average Bonchev–Trinajstić information content (AvgIpc) is 2.45. The van der Waals surface area contributed by atoms with E-state index in [1.165, 1.54) is 11.3 Å². The van der Waals surface area contributed by atoms with Crippen molar-refractivity contribution in [1.82, 2.24) is 0 Å². The number of aliphatic imine (C=N–C) groups is 1. The molecule has 0 saturated carbocycles. The van der Waals surface area contributed by atoms with Gasteiger partial charge in [-0.05, 0) is 29.7 Å². The zero-order chi connectivity index (χ0) is 13.5. The Morgan fingerprint density at radius 1 is 0.947 bits per heavy atom. The first-order valence-corrected chi connectivity index (χ1v) is 6.57. The summed E-state index contributed by atoms with van der Waals surface area (Å²) >= 11 is 0. The lowest BCUT2D eigenvalue weighted by molar-refractivity contribution is 0.973. The van der Waals surface area contributed by atoms with Crippen LogP contribution in [0.15, 0.2) is 59.6 Å². The first kappa shape index (κ1) is 13.3. The van der Waals surface area contributed by atoms with Gasteiger partial charge in [0.2, 0.25) is 0 Å². The third-order valence-electron chi connectivity index (χ3n) is 3.02. The van der Waals surface area contributed by atoms with E-state index in [0.29, 0.717) is 0 Å². The molecule has 2 aromatic rings. The van der Waals surface area contributed by atoms with Crippen molar-refractivity contribution in [3.05, 3.63) is 65.7 Å². The number of rotatable bonds is 5. The average molecular weight is 252 g/mol. The summed E-state index contributed by atoms with van der Waals surface area (Å²) in [5, 5.41) is 0. The molecule has 0 N–H and O–H groups in total. The summed E-state index contributed by atoms with van der Waals surface area (Å²) in [6.07, 6.45) is 2.94. The first-order valence-electron chi connectivity index (χ1n) is 6.57. The second-order valence-corrected chi connectivity index (χ2v) is 4.76. The number of nitrogens with zero attached hydrogens (tertiary/aromatic N) is 2. The van der Waals surface area contributed by atoms with Gasteiger partial charge in [-0.25, -0.2) is 0 Å². The van der Waals surface area contributed by atoms with Crippen LogP contribution in [0.2, 0.25) is 0 Å². The van der Waals surface area contributed by atoms with E-state index in [9.17, 15) is 0 Å². The molecule has 0 aliphatic rings. The molecule has 0 bridgehead atoms. The molecule has 0 radical (unpaired) electrons. The van der Waals surface area contributed by atoms with Crippen LogP contribution in [0, 0.1) is 0 Å². The standard InChI is InChI=1S/C17H20N2/c1-19(2)17-10-8-16(9-11-17)14-18-13-12-15-6-4-3-5-7-15/h3-11,14H,12-13H2,1-2H3. The minimum Gasteiger partial charge on any atom is -0.378 e. The van der Waals surface area contributed by atoms with Crippen molar-refractivity contribution in [2.75, 3.05) is 25.5 Å². The molecule has 0 aromatic heterocycles. The Kier molecular flexibility index (Phi) is 4.73. The van der Waals surface area contributed by atoms with Crippen LogP contribution in [0.5, 0.6) is 0 Å². The fraction of sp³-hybridized carbons (Fsp3) is 0.235. The fourth-order valence-electron chi connectivity index (χ4n) is 1.87. The molecule has 2 rings (SSSR count). The summed E-state index contributed by atoms with van der Waals surface area (Å²) in [5.41, 5.74) is 3.70. The zero-order valence-electron chi connectivity index (χ0n) is 11.6. The van der Waals surface area contributed by atoms with Crippen LogP contribution in [0.4, 0.5) is 5.69 Å². The summed E-state index contributed by atoms with van der Waals surface area (Å²) in [6.45, 7) is 0.833. The van der Waals surface area contributed by atoms with Gasteiger partial charge in [-0.15, -0.1) is 0 Å². The highest BCUT2D eigenvalue weighted by Crippen LogP contribution is 2.10. The lowest BCUT2D eigenvalue weighted by Crippen LogP contribution is -2.08. The van der Waals surface area contributed by atoms with Crippen molar-refractivity contribution in [2.45, 2.75) is 6.42 Å². The number of benzene rings is 2. The molecule has 2 aromatic carbocycles. The Hall–Kier alpha value is -2.09. The Balaban J connectivity index is 1.85. The first-order chi connectivity index (χ1) is 9.25. The molecule has 0 fully saturated rings. The van der Waals surface area contributed by atoms with Crippen LogP contribution in [-0.4, -0.2) is 26.9 Å². The van der Waals surface area contributed by atoms with Crippen LogP contribution >= 0.6 is 0 Å². The van der Waals surface area contributed by atoms with Crippen molar-refractivity contribution in [3.63, 3.8) is 0 Å². The van der Waals surface area contributed by atoms with Crippen molar-refractivity contribution in [3.8, 4) is 0 Å². The summed E-state index contributed by atoms with van der Waals surface area (Å²) in [6, 6.07) is 18.9. The Labute approximate surface area is 115 Å². The smallest absolute Gasteiger partial charge is 0.0429 e. The molecule has 2 heteroatoms. The summed E-state index contributed by atoms with van der Waals surface area (Å²) < 4.78 is 0. The molecular weight excluding hydrogens is 232 g/mol. The van der Waals surface area contributed by atoms with E-state index in [-0.39, 0.29) is 0 Å². The van der Waals surface area contributed by atoms with Crippen molar-refractivity contribution >= 4 is 11.9 Å². The second kappa shape index (κ2) is 6.74. The molecule has 0 aliphatic carbocycles. The van der Waals surface area contributed by atoms with Gasteiger partial charge < -0.3 is 4.90 Å². The molecular formula is C17H20N2. The topological polar surface area (TPSA) is 15.6 Å². The van der Waals surface area contributed by atoms with Gasteiger partial charge in [-0.3, -0.25) is 4.99 Å². The van der Waals surface area contributed by atoms with Crippen molar-refractivity contribution in [1.29, 1.82) is 0 Å². The second-order valence-electron chi connectivity index (χ2n) is 4.76. The van der Waals surface area contributed by atoms with Gasteiger partial charge in [-0.1, -0.05) is 42.5 Å². The van der Waals surface area contributed by atoms with Crippen LogP contribution in [0.1, 0.15) is 11.1 Å². The molecule has 98 valence electrons. The maximum atomic E-state index is 4.47. The monoisotopic (exact) mass is 252 g/mol. The minimum atomic E-state index is 0.833. The minimum absolute atomic E-state index is 0.833.